The molecule has 1 amide bonds. The van der Waals surface area contributed by atoms with Gasteiger partial charge in [-0.15, -0.1) is 0 Å². The van der Waals surface area contributed by atoms with Crippen molar-refractivity contribution in [2.24, 2.45) is 0 Å². The summed E-state index contributed by atoms with van der Waals surface area (Å²) in [5.41, 5.74) is 3.70. The number of anilines is 1. The molecule has 0 radical (unpaired) electrons. The van der Waals surface area contributed by atoms with Crippen molar-refractivity contribution in [3.05, 3.63) is 106 Å². The smallest absolute Gasteiger partial charge is 0.300 e. The number of Topliss-reactive ketones (excluding diaryl/α,β-unsaturated/α-hetero) is 1. The van der Waals surface area contributed by atoms with E-state index >= 15 is 0 Å². The van der Waals surface area contributed by atoms with Crippen LogP contribution in [0.3, 0.4) is 0 Å². The van der Waals surface area contributed by atoms with Gasteiger partial charge in [0.15, 0.2) is 0 Å². The summed E-state index contributed by atoms with van der Waals surface area (Å²) in [6, 6.07) is 20.8. The zero-order valence-electron chi connectivity index (χ0n) is 16.6. The number of ketones is 1. The Hall–Kier alpha value is -3.37. The van der Waals surface area contributed by atoms with Gasteiger partial charge in [-0.25, -0.2) is 0 Å². The molecule has 1 aliphatic rings. The first kappa shape index (κ1) is 19.9. The number of aryl methyl sites for hydroxylation is 2. The number of nitrogens with zero attached hydrogens (tertiary/aromatic N) is 1. The van der Waals surface area contributed by atoms with Gasteiger partial charge in [0.2, 0.25) is 0 Å². The number of halogens is 1. The molecule has 4 nitrogen and oxygen atoms in total. The molecule has 1 atom stereocenters. The number of hydrogen-bond acceptors (Lipinski definition) is 3. The number of hydrogen-bond donors (Lipinski definition) is 1. The van der Waals surface area contributed by atoms with Gasteiger partial charge in [0.1, 0.15) is 5.76 Å². The van der Waals surface area contributed by atoms with Crippen molar-refractivity contribution in [1.82, 2.24) is 0 Å². The van der Waals surface area contributed by atoms with Crippen molar-refractivity contribution in [3.63, 3.8) is 0 Å². The number of aliphatic hydroxyl groups is 1. The molecular weight excluding hydrogens is 398 g/mol. The van der Waals surface area contributed by atoms with Crippen LogP contribution in [0, 0.1) is 13.8 Å². The predicted molar refractivity (Wildman–Crippen MR) is 119 cm³/mol. The van der Waals surface area contributed by atoms with Crippen LogP contribution in [0.25, 0.3) is 5.76 Å². The fraction of sp³-hybridized carbons (Fsp3) is 0.120. The Morgan fingerprint density at radius 3 is 2.23 bits per heavy atom. The number of carbonyl (C=O) groups is 2. The second-order valence-corrected chi connectivity index (χ2v) is 7.79. The average molecular weight is 418 g/mol. The summed E-state index contributed by atoms with van der Waals surface area (Å²) >= 11 is 6.30. The summed E-state index contributed by atoms with van der Waals surface area (Å²) in [4.78, 5) is 27.6. The predicted octanol–water partition coefficient (Wildman–Crippen LogP) is 5.58. The highest BCUT2D eigenvalue weighted by Gasteiger charge is 2.47. The minimum atomic E-state index is -0.760. The molecule has 0 bridgehead atoms. The Kier molecular flexibility index (Phi) is 5.18. The number of carbonyl (C=O) groups excluding carboxylic acids is 2. The van der Waals surface area contributed by atoms with Crippen LogP contribution < -0.4 is 4.90 Å². The van der Waals surface area contributed by atoms with Gasteiger partial charge in [-0.1, -0.05) is 77.8 Å². The molecule has 0 unspecified atom stereocenters. The van der Waals surface area contributed by atoms with E-state index in [1.807, 2.05) is 44.2 Å². The van der Waals surface area contributed by atoms with Crippen LogP contribution >= 0.6 is 11.6 Å². The number of amides is 1. The van der Waals surface area contributed by atoms with Gasteiger partial charge < -0.3 is 5.11 Å². The Bertz CT molecular complexity index is 1170. The molecule has 3 aromatic rings. The van der Waals surface area contributed by atoms with E-state index in [-0.39, 0.29) is 11.3 Å². The number of aliphatic hydroxyl groups excluding tert-OH is 1. The van der Waals surface area contributed by atoms with E-state index in [1.165, 1.54) is 4.90 Å². The lowest BCUT2D eigenvalue weighted by atomic mass is 9.94. The molecule has 30 heavy (non-hydrogen) atoms. The van der Waals surface area contributed by atoms with Gasteiger partial charge in [-0.2, -0.15) is 0 Å². The number of rotatable bonds is 3. The van der Waals surface area contributed by atoms with Gasteiger partial charge >= 0.3 is 0 Å². The lowest BCUT2D eigenvalue weighted by Crippen LogP contribution is -2.29. The molecule has 1 saturated heterocycles. The molecule has 4 rings (SSSR count). The summed E-state index contributed by atoms with van der Waals surface area (Å²) in [5.74, 6) is -1.61. The van der Waals surface area contributed by atoms with E-state index in [2.05, 4.69) is 0 Å². The SMILES string of the molecule is Cc1ccc([C@H]2C(=C(O)c3ccccc3)C(=O)C(=O)N2c2ccc(C)c(Cl)c2)cc1. The van der Waals surface area contributed by atoms with E-state index in [4.69, 9.17) is 11.6 Å². The third kappa shape index (κ3) is 3.40. The molecule has 1 heterocycles. The molecule has 1 fully saturated rings. The first-order chi connectivity index (χ1) is 14.4. The summed E-state index contributed by atoms with van der Waals surface area (Å²) in [5, 5.41) is 11.5. The van der Waals surface area contributed by atoms with Crippen LogP contribution in [0.4, 0.5) is 5.69 Å². The van der Waals surface area contributed by atoms with Crippen molar-refractivity contribution in [2.45, 2.75) is 19.9 Å². The largest absolute Gasteiger partial charge is 0.507 e. The lowest BCUT2D eigenvalue weighted by molar-refractivity contribution is -0.132. The van der Waals surface area contributed by atoms with Crippen LogP contribution in [0.2, 0.25) is 5.02 Å². The minimum Gasteiger partial charge on any atom is -0.507 e. The number of benzene rings is 3. The van der Waals surface area contributed by atoms with Gasteiger partial charge in [0, 0.05) is 16.3 Å². The molecule has 1 aliphatic heterocycles. The minimum absolute atomic E-state index is 0.0618. The zero-order chi connectivity index (χ0) is 21.4. The summed E-state index contributed by atoms with van der Waals surface area (Å²) < 4.78 is 0. The maximum Gasteiger partial charge on any atom is 0.300 e. The quantitative estimate of drug-likeness (QED) is 0.343. The monoisotopic (exact) mass is 417 g/mol. The van der Waals surface area contributed by atoms with Crippen molar-refractivity contribution in [3.8, 4) is 0 Å². The topological polar surface area (TPSA) is 57.6 Å². The second kappa shape index (κ2) is 7.81. The van der Waals surface area contributed by atoms with Crippen molar-refractivity contribution >= 4 is 34.7 Å². The fourth-order valence-electron chi connectivity index (χ4n) is 3.65. The standard InChI is InChI=1S/C25H20ClNO3/c1-15-8-11-17(12-9-15)22-21(23(28)18-6-4-3-5-7-18)24(29)25(30)27(22)19-13-10-16(2)20(26)14-19/h3-14,22,28H,1-2H3/t22-/m0/s1. The van der Waals surface area contributed by atoms with E-state index in [1.54, 1.807) is 42.5 Å². The normalized spacial score (nSPS) is 18.1. The van der Waals surface area contributed by atoms with Crippen LogP contribution in [-0.2, 0) is 9.59 Å². The first-order valence-corrected chi connectivity index (χ1v) is 9.95. The van der Waals surface area contributed by atoms with Crippen LogP contribution in [0.1, 0.15) is 28.3 Å². The van der Waals surface area contributed by atoms with Gasteiger partial charge in [0.25, 0.3) is 11.7 Å². The molecule has 1 N–H and O–H groups in total. The molecule has 0 spiro atoms. The van der Waals surface area contributed by atoms with Crippen molar-refractivity contribution in [2.75, 3.05) is 4.90 Å². The average Bonchev–Trinajstić information content (AvgIpc) is 3.01. The third-order valence-corrected chi connectivity index (χ3v) is 5.73. The fourth-order valence-corrected chi connectivity index (χ4v) is 3.82. The zero-order valence-corrected chi connectivity index (χ0v) is 17.4. The highest BCUT2D eigenvalue weighted by molar-refractivity contribution is 6.51. The van der Waals surface area contributed by atoms with E-state index < -0.39 is 17.7 Å². The maximum atomic E-state index is 13.1. The Morgan fingerprint density at radius 2 is 1.60 bits per heavy atom. The molecule has 150 valence electrons. The highest BCUT2D eigenvalue weighted by atomic mass is 35.5. The molecule has 3 aromatic carbocycles. The van der Waals surface area contributed by atoms with E-state index in [0.29, 0.717) is 16.3 Å². The molecule has 0 saturated carbocycles. The molecule has 5 heteroatoms. The maximum absolute atomic E-state index is 13.1. The van der Waals surface area contributed by atoms with Crippen molar-refractivity contribution in [1.29, 1.82) is 0 Å². The highest BCUT2D eigenvalue weighted by Crippen LogP contribution is 2.42. The summed E-state index contributed by atoms with van der Waals surface area (Å²) in [6.07, 6.45) is 0. The summed E-state index contributed by atoms with van der Waals surface area (Å²) in [6.45, 7) is 3.83. The molecular formula is C25H20ClNO3. The van der Waals surface area contributed by atoms with Crippen LogP contribution in [-0.4, -0.2) is 16.8 Å². The summed E-state index contributed by atoms with van der Waals surface area (Å²) in [7, 11) is 0. The van der Waals surface area contributed by atoms with Crippen LogP contribution in [0.15, 0.2) is 78.4 Å². The van der Waals surface area contributed by atoms with Crippen LogP contribution in [0.5, 0.6) is 0 Å². The van der Waals surface area contributed by atoms with Gasteiger partial charge in [-0.05, 0) is 37.1 Å². The van der Waals surface area contributed by atoms with Gasteiger partial charge in [-0.3, -0.25) is 14.5 Å². The second-order valence-electron chi connectivity index (χ2n) is 7.38. The van der Waals surface area contributed by atoms with E-state index in [9.17, 15) is 14.7 Å². The van der Waals surface area contributed by atoms with Crippen molar-refractivity contribution < 1.29 is 14.7 Å². The Balaban J connectivity index is 1.95. The Labute approximate surface area is 180 Å². The third-order valence-electron chi connectivity index (χ3n) is 5.32. The lowest BCUT2D eigenvalue weighted by Gasteiger charge is -2.26. The van der Waals surface area contributed by atoms with Gasteiger partial charge in [0.05, 0.1) is 11.6 Å². The molecule has 0 aliphatic carbocycles. The van der Waals surface area contributed by atoms with E-state index in [0.717, 1.165) is 16.7 Å². The molecule has 0 aromatic heterocycles. The Morgan fingerprint density at radius 1 is 0.933 bits per heavy atom. The first-order valence-electron chi connectivity index (χ1n) is 9.57.